The molecule has 0 aliphatic carbocycles. The number of para-hydroxylation sites is 1. The Hall–Kier alpha value is -3.40. The van der Waals surface area contributed by atoms with Gasteiger partial charge in [-0.1, -0.05) is 42.5 Å². The lowest BCUT2D eigenvalue weighted by Crippen LogP contribution is -1.95. The van der Waals surface area contributed by atoms with E-state index in [1.165, 1.54) is 0 Å². The molecule has 25 heavy (non-hydrogen) atoms. The van der Waals surface area contributed by atoms with E-state index in [1.807, 2.05) is 66.9 Å². The van der Waals surface area contributed by atoms with E-state index in [9.17, 15) is 0 Å². The molecule has 0 bridgehead atoms. The predicted octanol–water partition coefficient (Wildman–Crippen LogP) is 4.54. The molecule has 0 radical (unpaired) electrons. The standard InChI is InChI=1S/C21H17N3O/c1-25-16-6-4-5-14(11-16)9-10-15-12-18-17-7-2-3-8-19(17)24-21(22)20(18)23-13-15/h2-13H,1H3,(H2,22,24). The minimum Gasteiger partial charge on any atom is -0.497 e. The molecule has 2 heterocycles. The molecule has 0 spiro atoms. The third-order valence-electron chi connectivity index (χ3n) is 4.15. The molecule has 0 atom stereocenters. The average molecular weight is 327 g/mol. The van der Waals surface area contributed by atoms with Gasteiger partial charge in [0, 0.05) is 17.0 Å². The van der Waals surface area contributed by atoms with Gasteiger partial charge in [0.05, 0.1) is 12.6 Å². The number of methoxy groups -OCH3 is 1. The van der Waals surface area contributed by atoms with Crippen LogP contribution in [-0.4, -0.2) is 17.1 Å². The van der Waals surface area contributed by atoms with Crippen LogP contribution in [0.2, 0.25) is 0 Å². The molecule has 122 valence electrons. The van der Waals surface area contributed by atoms with Crippen molar-refractivity contribution in [2.75, 3.05) is 12.8 Å². The van der Waals surface area contributed by atoms with Crippen LogP contribution in [0.25, 0.3) is 34.0 Å². The minimum atomic E-state index is 0.456. The van der Waals surface area contributed by atoms with Gasteiger partial charge < -0.3 is 10.5 Å². The number of nitrogens with two attached hydrogens (primary N) is 1. The molecule has 0 saturated heterocycles. The molecule has 0 aliphatic rings. The Kier molecular flexibility index (Phi) is 3.78. The molecule has 4 rings (SSSR count). The molecule has 0 fully saturated rings. The van der Waals surface area contributed by atoms with E-state index in [0.29, 0.717) is 5.82 Å². The Balaban J connectivity index is 1.80. The Bertz CT molecular complexity index is 1100. The Morgan fingerprint density at radius 2 is 1.76 bits per heavy atom. The first kappa shape index (κ1) is 15.1. The number of hydrogen-bond acceptors (Lipinski definition) is 4. The fraction of sp³-hybridized carbons (Fsp3) is 0.0476. The van der Waals surface area contributed by atoms with Gasteiger partial charge in [-0.05, 0) is 35.4 Å². The molecule has 0 unspecified atom stereocenters. The van der Waals surface area contributed by atoms with Crippen LogP contribution in [0.3, 0.4) is 0 Å². The molecule has 4 nitrogen and oxygen atoms in total. The van der Waals surface area contributed by atoms with Crippen LogP contribution >= 0.6 is 0 Å². The molecule has 0 amide bonds. The average Bonchev–Trinajstić information content (AvgIpc) is 2.66. The normalized spacial score (nSPS) is 11.4. The van der Waals surface area contributed by atoms with Crippen molar-refractivity contribution < 1.29 is 4.74 Å². The summed E-state index contributed by atoms with van der Waals surface area (Å²) in [5.74, 6) is 1.29. The molecule has 0 saturated carbocycles. The van der Waals surface area contributed by atoms with Crippen molar-refractivity contribution >= 4 is 39.8 Å². The summed E-state index contributed by atoms with van der Waals surface area (Å²) in [4.78, 5) is 8.94. The zero-order valence-electron chi connectivity index (χ0n) is 13.8. The zero-order valence-corrected chi connectivity index (χ0v) is 13.8. The molecule has 0 aliphatic heterocycles. The molecular formula is C21H17N3O. The van der Waals surface area contributed by atoms with Crippen LogP contribution in [0.15, 0.2) is 60.8 Å². The maximum Gasteiger partial charge on any atom is 0.150 e. The Labute approximate surface area is 145 Å². The second-order valence-corrected chi connectivity index (χ2v) is 5.79. The number of hydrogen-bond donors (Lipinski definition) is 1. The van der Waals surface area contributed by atoms with E-state index in [4.69, 9.17) is 10.5 Å². The number of ether oxygens (including phenoxy) is 1. The van der Waals surface area contributed by atoms with Crippen LogP contribution in [0, 0.1) is 0 Å². The van der Waals surface area contributed by atoms with E-state index in [0.717, 1.165) is 38.7 Å². The summed E-state index contributed by atoms with van der Waals surface area (Å²) in [5.41, 5.74) is 9.75. The lowest BCUT2D eigenvalue weighted by molar-refractivity contribution is 0.414. The van der Waals surface area contributed by atoms with E-state index >= 15 is 0 Å². The van der Waals surface area contributed by atoms with Gasteiger partial charge >= 0.3 is 0 Å². The van der Waals surface area contributed by atoms with Gasteiger partial charge in [-0.3, -0.25) is 4.98 Å². The first-order valence-corrected chi connectivity index (χ1v) is 8.01. The Morgan fingerprint density at radius 1 is 0.920 bits per heavy atom. The summed E-state index contributed by atoms with van der Waals surface area (Å²) >= 11 is 0. The Morgan fingerprint density at radius 3 is 2.64 bits per heavy atom. The van der Waals surface area contributed by atoms with Crippen LogP contribution in [0.1, 0.15) is 11.1 Å². The monoisotopic (exact) mass is 327 g/mol. The van der Waals surface area contributed by atoms with Crippen molar-refractivity contribution in [2.45, 2.75) is 0 Å². The smallest absolute Gasteiger partial charge is 0.150 e. The lowest BCUT2D eigenvalue weighted by Gasteiger charge is -2.06. The second kappa shape index (κ2) is 6.24. The molecule has 4 aromatic rings. The van der Waals surface area contributed by atoms with Crippen LogP contribution in [0.4, 0.5) is 5.82 Å². The molecule has 4 heteroatoms. The first-order chi connectivity index (χ1) is 12.2. The number of rotatable bonds is 3. The third kappa shape index (κ3) is 2.90. The minimum absolute atomic E-state index is 0.456. The first-order valence-electron chi connectivity index (χ1n) is 8.01. The van der Waals surface area contributed by atoms with Crippen LogP contribution in [-0.2, 0) is 0 Å². The predicted molar refractivity (Wildman–Crippen MR) is 103 cm³/mol. The summed E-state index contributed by atoms with van der Waals surface area (Å²) in [6.45, 7) is 0. The molecular weight excluding hydrogens is 310 g/mol. The highest BCUT2D eigenvalue weighted by atomic mass is 16.5. The van der Waals surface area contributed by atoms with Crippen molar-refractivity contribution in [1.82, 2.24) is 9.97 Å². The topological polar surface area (TPSA) is 61.0 Å². The van der Waals surface area contributed by atoms with Crippen molar-refractivity contribution in [1.29, 1.82) is 0 Å². The maximum absolute atomic E-state index is 6.06. The van der Waals surface area contributed by atoms with Gasteiger partial charge in [-0.15, -0.1) is 0 Å². The largest absolute Gasteiger partial charge is 0.497 e. The number of fused-ring (bicyclic) bond motifs is 3. The zero-order chi connectivity index (χ0) is 17.2. The van der Waals surface area contributed by atoms with E-state index < -0.39 is 0 Å². The molecule has 2 N–H and O–H groups in total. The number of pyridine rings is 2. The molecule has 2 aromatic carbocycles. The fourth-order valence-electron chi connectivity index (χ4n) is 2.90. The highest BCUT2D eigenvalue weighted by Crippen LogP contribution is 2.27. The van der Waals surface area contributed by atoms with Crippen molar-refractivity contribution in [3.63, 3.8) is 0 Å². The summed E-state index contributed by atoms with van der Waals surface area (Å²) in [7, 11) is 1.67. The second-order valence-electron chi connectivity index (χ2n) is 5.79. The third-order valence-corrected chi connectivity index (χ3v) is 4.15. The van der Waals surface area contributed by atoms with Crippen molar-refractivity contribution in [2.24, 2.45) is 0 Å². The SMILES string of the molecule is COc1cccc(C=Cc2cnc3c(N)nc4ccccc4c3c2)c1. The van der Waals surface area contributed by atoms with Crippen molar-refractivity contribution in [3.05, 3.63) is 71.9 Å². The van der Waals surface area contributed by atoms with Gasteiger partial charge in [0.2, 0.25) is 0 Å². The summed E-state index contributed by atoms with van der Waals surface area (Å²) < 4.78 is 5.26. The van der Waals surface area contributed by atoms with E-state index in [-0.39, 0.29) is 0 Å². The summed E-state index contributed by atoms with van der Waals surface area (Å²) in [6, 6.07) is 18.0. The number of nitrogens with zero attached hydrogens (tertiary/aromatic N) is 2. The fourth-order valence-corrected chi connectivity index (χ4v) is 2.90. The van der Waals surface area contributed by atoms with Gasteiger partial charge in [0.1, 0.15) is 11.3 Å². The highest BCUT2D eigenvalue weighted by molar-refractivity contribution is 6.08. The number of anilines is 1. The summed E-state index contributed by atoms with van der Waals surface area (Å²) in [5, 5.41) is 2.06. The van der Waals surface area contributed by atoms with Crippen LogP contribution in [0.5, 0.6) is 5.75 Å². The highest BCUT2D eigenvalue weighted by Gasteiger charge is 2.07. The van der Waals surface area contributed by atoms with Gasteiger partial charge in [-0.2, -0.15) is 0 Å². The number of nitrogen functional groups attached to an aromatic ring is 1. The number of benzene rings is 2. The maximum atomic E-state index is 6.06. The van der Waals surface area contributed by atoms with Crippen LogP contribution < -0.4 is 10.5 Å². The van der Waals surface area contributed by atoms with Crippen molar-refractivity contribution in [3.8, 4) is 5.75 Å². The lowest BCUT2D eigenvalue weighted by atomic mass is 10.1. The van der Waals surface area contributed by atoms with E-state index in [1.54, 1.807) is 7.11 Å². The molecule has 2 aromatic heterocycles. The van der Waals surface area contributed by atoms with Gasteiger partial charge in [-0.25, -0.2) is 4.98 Å². The van der Waals surface area contributed by atoms with Gasteiger partial charge in [0.25, 0.3) is 0 Å². The summed E-state index contributed by atoms with van der Waals surface area (Å²) in [6.07, 6.45) is 5.89. The number of aromatic nitrogens is 2. The van der Waals surface area contributed by atoms with E-state index in [2.05, 4.69) is 16.0 Å². The quantitative estimate of drug-likeness (QED) is 0.561. The van der Waals surface area contributed by atoms with Gasteiger partial charge in [0.15, 0.2) is 5.82 Å².